The fourth-order valence-corrected chi connectivity index (χ4v) is 2.88. The summed E-state index contributed by atoms with van der Waals surface area (Å²) in [5.41, 5.74) is 2.75. The maximum absolute atomic E-state index is 12.5. The van der Waals surface area contributed by atoms with Crippen LogP contribution in [0.15, 0.2) is 48.5 Å². The Balaban J connectivity index is 1.84. The summed E-state index contributed by atoms with van der Waals surface area (Å²) in [6.07, 6.45) is 0. The zero-order chi connectivity index (χ0) is 16.4. The van der Waals surface area contributed by atoms with Crippen LogP contribution < -0.4 is 4.90 Å². The molecule has 0 saturated heterocycles. The number of carbonyl (C=O) groups is 2. The number of nitrogens with zero attached hydrogens (tertiary/aromatic N) is 2. The molecule has 0 spiro atoms. The molecule has 0 aromatic heterocycles. The fourth-order valence-electron chi connectivity index (χ4n) is 2.88. The van der Waals surface area contributed by atoms with E-state index in [9.17, 15) is 9.59 Å². The van der Waals surface area contributed by atoms with Gasteiger partial charge in [0.15, 0.2) is 0 Å². The van der Waals surface area contributed by atoms with Crippen LogP contribution in [0.2, 0.25) is 0 Å². The fraction of sp³-hybridized carbons (Fsp3) is 0.263. The number of anilines is 1. The van der Waals surface area contributed by atoms with Gasteiger partial charge >= 0.3 is 0 Å². The number of amides is 2. The van der Waals surface area contributed by atoms with Crippen molar-refractivity contribution in [3.8, 4) is 0 Å². The van der Waals surface area contributed by atoms with Gasteiger partial charge in [0.05, 0.1) is 16.8 Å². The molecule has 4 heteroatoms. The van der Waals surface area contributed by atoms with Gasteiger partial charge in [0.25, 0.3) is 11.8 Å². The first kappa shape index (κ1) is 15.4. The number of fused-ring (bicyclic) bond motifs is 1. The van der Waals surface area contributed by atoms with Crippen molar-refractivity contribution in [2.75, 3.05) is 18.0 Å². The maximum Gasteiger partial charge on any atom is 0.266 e. The van der Waals surface area contributed by atoms with Crippen LogP contribution in [0.4, 0.5) is 5.69 Å². The number of carbonyl (C=O) groups excluding carboxylic acids is 2. The standard InChI is InChI=1S/C19H20N2O2/c1-3-20(4-2)13-14-9-11-15(12-10-14)21-18(22)16-7-5-6-8-17(16)19(21)23/h5-12H,3-4,13H2,1-2H3. The van der Waals surface area contributed by atoms with E-state index in [1.807, 2.05) is 24.3 Å². The van der Waals surface area contributed by atoms with Crippen LogP contribution in [0, 0.1) is 0 Å². The van der Waals surface area contributed by atoms with Crippen molar-refractivity contribution in [1.82, 2.24) is 4.90 Å². The van der Waals surface area contributed by atoms with Gasteiger partial charge in [0.1, 0.15) is 0 Å². The number of hydrogen-bond donors (Lipinski definition) is 0. The van der Waals surface area contributed by atoms with Crippen molar-refractivity contribution in [2.24, 2.45) is 0 Å². The Morgan fingerprint density at radius 3 is 1.83 bits per heavy atom. The van der Waals surface area contributed by atoms with E-state index in [4.69, 9.17) is 0 Å². The highest BCUT2D eigenvalue weighted by molar-refractivity contribution is 6.34. The molecule has 0 saturated carbocycles. The van der Waals surface area contributed by atoms with Crippen LogP contribution in [-0.4, -0.2) is 29.8 Å². The third-order valence-corrected chi connectivity index (χ3v) is 4.29. The average molecular weight is 308 g/mol. The molecule has 2 aromatic rings. The highest BCUT2D eigenvalue weighted by atomic mass is 16.2. The monoisotopic (exact) mass is 308 g/mol. The summed E-state index contributed by atoms with van der Waals surface area (Å²) in [5, 5.41) is 0. The van der Waals surface area contributed by atoms with Gasteiger partial charge in [-0.05, 0) is 42.9 Å². The molecule has 118 valence electrons. The van der Waals surface area contributed by atoms with E-state index in [-0.39, 0.29) is 11.8 Å². The van der Waals surface area contributed by atoms with Crippen molar-refractivity contribution in [2.45, 2.75) is 20.4 Å². The molecule has 0 radical (unpaired) electrons. The Morgan fingerprint density at radius 1 is 0.826 bits per heavy atom. The van der Waals surface area contributed by atoms with Crippen molar-refractivity contribution >= 4 is 17.5 Å². The Morgan fingerprint density at radius 2 is 1.35 bits per heavy atom. The summed E-state index contributed by atoms with van der Waals surface area (Å²) in [5.74, 6) is -0.496. The molecule has 0 N–H and O–H groups in total. The lowest BCUT2D eigenvalue weighted by Gasteiger charge is -2.19. The number of imide groups is 1. The highest BCUT2D eigenvalue weighted by Gasteiger charge is 2.36. The molecule has 2 aromatic carbocycles. The lowest BCUT2D eigenvalue weighted by atomic mass is 10.1. The topological polar surface area (TPSA) is 40.6 Å². The Bertz CT molecular complexity index is 698. The van der Waals surface area contributed by atoms with Gasteiger partial charge in [-0.15, -0.1) is 0 Å². The highest BCUT2D eigenvalue weighted by Crippen LogP contribution is 2.28. The second-order valence-electron chi connectivity index (χ2n) is 5.62. The van der Waals surface area contributed by atoms with Crippen LogP contribution >= 0.6 is 0 Å². The predicted octanol–water partition coefficient (Wildman–Crippen LogP) is 3.33. The van der Waals surface area contributed by atoms with Crippen molar-refractivity contribution in [1.29, 1.82) is 0 Å². The van der Waals surface area contributed by atoms with Gasteiger partial charge in [0, 0.05) is 6.54 Å². The summed E-state index contributed by atoms with van der Waals surface area (Å²) in [6, 6.07) is 14.6. The minimum absolute atomic E-state index is 0.248. The Labute approximate surface area is 136 Å². The normalized spacial score (nSPS) is 13.8. The Hall–Kier alpha value is -2.46. The first-order valence-electron chi connectivity index (χ1n) is 7.94. The summed E-state index contributed by atoms with van der Waals surface area (Å²) in [6.45, 7) is 7.13. The molecule has 23 heavy (non-hydrogen) atoms. The molecular weight excluding hydrogens is 288 g/mol. The molecule has 0 bridgehead atoms. The third-order valence-electron chi connectivity index (χ3n) is 4.29. The molecule has 1 aliphatic rings. The molecule has 0 unspecified atom stereocenters. The quantitative estimate of drug-likeness (QED) is 0.796. The summed E-state index contributed by atoms with van der Waals surface area (Å²) in [4.78, 5) is 28.5. The lowest BCUT2D eigenvalue weighted by Crippen LogP contribution is -2.29. The van der Waals surface area contributed by atoms with Crippen LogP contribution in [0.5, 0.6) is 0 Å². The largest absolute Gasteiger partial charge is 0.300 e. The zero-order valence-corrected chi connectivity index (χ0v) is 13.5. The second-order valence-corrected chi connectivity index (χ2v) is 5.62. The van der Waals surface area contributed by atoms with Gasteiger partial charge in [-0.25, -0.2) is 4.90 Å². The molecule has 0 aliphatic carbocycles. The van der Waals surface area contributed by atoms with E-state index in [0.29, 0.717) is 16.8 Å². The molecule has 0 atom stereocenters. The number of benzene rings is 2. The molecular formula is C19H20N2O2. The van der Waals surface area contributed by atoms with Gasteiger partial charge in [-0.3, -0.25) is 14.5 Å². The van der Waals surface area contributed by atoms with Crippen LogP contribution in [-0.2, 0) is 6.54 Å². The van der Waals surface area contributed by atoms with Crippen molar-refractivity contribution in [3.05, 3.63) is 65.2 Å². The summed E-state index contributed by atoms with van der Waals surface area (Å²) in [7, 11) is 0. The Kier molecular flexibility index (Phi) is 4.26. The number of hydrogen-bond acceptors (Lipinski definition) is 3. The minimum atomic E-state index is -0.248. The third kappa shape index (κ3) is 2.78. The van der Waals surface area contributed by atoms with E-state index in [0.717, 1.165) is 19.6 Å². The van der Waals surface area contributed by atoms with E-state index in [1.54, 1.807) is 24.3 Å². The van der Waals surface area contributed by atoms with Crippen LogP contribution in [0.3, 0.4) is 0 Å². The lowest BCUT2D eigenvalue weighted by molar-refractivity contribution is 0.0926. The van der Waals surface area contributed by atoms with Gasteiger partial charge in [0.2, 0.25) is 0 Å². The molecule has 0 fully saturated rings. The molecule has 2 amide bonds. The van der Waals surface area contributed by atoms with Crippen molar-refractivity contribution in [3.63, 3.8) is 0 Å². The number of rotatable bonds is 5. The summed E-state index contributed by atoms with van der Waals surface area (Å²) >= 11 is 0. The van der Waals surface area contributed by atoms with E-state index in [2.05, 4.69) is 18.7 Å². The second kappa shape index (κ2) is 6.34. The van der Waals surface area contributed by atoms with Crippen LogP contribution in [0.25, 0.3) is 0 Å². The van der Waals surface area contributed by atoms with Gasteiger partial charge < -0.3 is 0 Å². The smallest absolute Gasteiger partial charge is 0.266 e. The maximum atomic E-state index is 12.5. The van der Waals surface area contributed by atoms with Gasteiger partial charge in [-0.2, -0.15) is 0 Å². The predicted molar refractivity (Wildman–Crippen MR) is 90.6 cm³/mol. The SMILES string of the molecule is CCN(CC)Cc1ccc(N2C(=O)c3ccccc3C2=O)cc1. The average Bonchev–Trinajstić information content (AvgIpc) is 2.85. The molecule has 1 heterocycles. The van der Waals surface area contributed by atoms with Crippen LogP contribution in [0.1, 0.15) is 40.1 Å². The van der Waals surface area contributed by atoms with E-state index >= 15 is 0 Å². The van der Waals surface area contributed by atoms with E-state index < -0.39 is 0 Å². The first-order chi connectivity index (χ1) is 11.2. The first-order valence-corrected chi connectivity index (χ1v) is 7.94. The zero-order valence-electron chi connectivity index (χ0n) is 13.5. The minimum Gasteiger partial charge on any atom is -0.300 e. The molecule has 3 rings (SSSR count). The van der Waals surface area contributed by atoms with E-state index in [1.165, 1.54) is 10.5 Å². The molecule has 4 nitrogen and oxygen atoms in total. The summed E-state index contributed by atoms with van der Waals surface area (Å²) < 4.78 is 0. The molecule has 1 aliphatic heterocycles. The van der Waals surface area contributed by atoms with Gasteiger partial charge in [-0.1, -0.05) is 38.1 Å². The van der Waals surface area contributed by atoms with Crippen molar-refractivity contribution < 1.29 is 9.59 Å².